The minimum Gasteiger partial charge on any atom is -0.341 e. The zero-order valence-corrected chi connectivity index (χ0v) is 12.2. The summed E-state index contributed by atoms with van der Waals surface area (Å²) in [7, 11) is 0. The Morgan fingerprint density at radius 3 is 1.65 bits per heavy atom. The molecule has 0 bridgehead atoms. The summed E-state index contributed by atoms with van der Waals surface area (Å²) in [5, 5.41) is 0. The third-order valence-corrected chi connectivity index (χ3v) is 3.52. The summed E-state index contributed by atoms with van der Waals surface area (Å²) in [6.07, 6.45) is 6.11. The van der Waals surface area contributed by atoms with Crippen LogP contribution in [0.5, 0.6) is 0 Å². The molecular formula is C19H24N. The smallest absolute Gasteiger partial charge is 0.0410 e. The average molecular weight is 266 g/mol. The van der Waals surface area contributed by atoms with E-state index >= 15 is 0 Å². The molecule has 1 heteroatoms. The Bertz CT molecular complexity index is 424. The normalized spacial score (nSPS) is 10.4. The number of nitrogens with zero attached hydrogens (tertiary/aromatic N) is 1. The van der Waals surface area contributed by atoms with Crippen LogP contribution in [0.25, 0.3) is 0 Å². The molecule has 0 aromatic heterocycles. The second kappa shape index (κ2) is 8.42. The van der Waals surface area contributed by atoms with E-state index in [4.69, 9.17) is 0 Å². The van der Waals surface area contributed by atoms with Crippen LogP contribution in [0.15, 0.2) is 60.7 Å². The van der Waals surface area contributed by atoms with E-state index in [0.29, 0.717) is 0 Å². The Balaban J connectivity index is 2.02. The number of para-hydroxylation sites is 2. The van der Waals surface area contributed by atoms with Gasteiger partial charge in [-0.3, -0.25) is 0 Å². The first-order valence-electron chi connectivity index (χ1n) is 7.58. The molecule has 0 atom stereocenters. The molecule has 20 heavy (non-hydrogen) atoms. The topological polar surface area (TPSA) is 3.24 Å². The highest BCUT2D eigenvalue weighted by Gasteiger charge is 2.07. The summed E-state index contributed by atoms with van der Waals surface area (Å²) in [6.45, 7) is 4.98. The molecule has 0 amide bonds. The van der Waals surface area contributed by atoms with Crippen molar-refractivity contribution in [1.82, 2.24) is 0 Å². The van der Waals surface area contributed by atoms with Crippen molar-refractivity contribution in [2.24, 2.45) is 0 Å². The maximum absolute atomic E-state index is 3.90. The summed E-state index contributed by atoms with van der Waals surface area (Å²) < 4.78 is 0. The van der Waals surface area contributed by atoms with E-state index < -0.39 is 0 Å². The second-order valence-corrected chi connectivity index (χ2v) is 5.09. The summed E-state index contributed by atoms with van der Waals surface area (Å²) in [5.41, 5.74) is 2.55. The zero-order chi connectivity index (χ0) is 14.0. The molecule has 0 aliphatic heterocycles. The van der Waals surface area contributed by atoms with E-state index in [-0.39, 0.29) is 0 Å². The molecule has 105 valence electrons. The lowest BCUT2D eigenvalue weighted by molar-refractivity contribution is 0.647. The van der Waals surface area contributed by atoms with Crippen LogP contribution in [0.2, 0.25) is 0 Å². The van der Waals surface area contributed by atoms with E-state index in [1.165, 1.54) is 37.1 Å². The quantitative estimate of drug-likeness (QED) is 0.561. The molecule has 0 unspecified atom stereocenters. The lowest BCUT2D eigenvalue weighted by Gasteiger charge is -2.25. The van der Waals surface area contributed by atoms with Gasteiger partial charge in [0.15, 0.2) is 0 Å². The predicted molar refractivity (Wildman–Crippen MR) is 88.3 cm³/mol. The van der Waals surface area contributed by atoms with Crippen LogP contribution in [0, 0.1) is 6.92 Å². The molecule has 0 spiro atoms. The van der Waals surface area contributed by atoms with Crippen LogP contribution in [0.4, 0.5) is 11.4 Å². The minimum atomic E-state index is 1.06. The first-order valence-corrected chi connectivity index (χ1v) is 7.58. The fourth-order valence-corrected chi connectivity index (χ4v) is 2.42. The average Bonchev–Trinajstić information content (AvgIpc) is 2.53. The maximum Gasteiger partial charge on any atom is 0.0410 e. The standard InChI is InChI=1S/C19H24N/c1-2-3-4-5-12-17-20(18-13-8-6-9-14-18)19-15-10-7-11-16-19/h6-11,13-16H,1-5,12,17H2. The third-order valence-electron chi connectivity index (χ3n) is 3.52. The molecule has 0 aliphatic carbocycles. The van der Waals surface area contributed by atoms with Gasteiger partial charge in [0, 0.05) is 17.9 Å². The van der Waals surface area contributed by atoms with E-state index in [1.54, 1.807) is 0 Å². The van der Waals surface area contributed by atoms with Gasteiger partial charge in [-0.05, 0) is 30.7 Å². The largest absolute Gasteiger partial charge is 0.341 e. The molecule has 0 aliphatic rings. The molecule has 2 aromatic rings. The van der Waals surface area contributed by atoms with Gasteiger partial charge in [-0.2, -0.15) is 0 Å². The molecule has 1 radical (unpaired) electrons. The number of benzene rings is 2. The van der Waals surface area contributed by atoms with Crippen molar-refractivity contribution in [3.8, 4) is 0 Å². The highest BCUT2D eigenvalue weighted by Crippen LogP contribution is 2.25. The highest BCUT2D eigenvalue weighted by atomic mass is 15.1. The van der Waals surface area contributed by atoms with Crippen LogP contribution in [0.3, 0.4) is 0 Å². The van der Waals surface area contributed by atoms with Crippen LogP contribution in [-0.2, 0) is 0 Å². The van der Waals surface area contributed by atoms with Crippen molar-refractivity contribution in [1.29, 1.82) is 0 Å². The fraction of sp³-hybridized carbons (Fsp3) is 0.316. The van der Waals surface area contributed by atoms with Crippen LogP contribution in [0.1, 0.15) is 32.1 Å². The van der Waals surface area contributed by atoms with Gasteiger partial charge in [-0.25, -0.2) is 0 Å². The summed E-state index contributed by atoms with van der Waals surface area (Å²) >= 11 is 0. The molecule has 0 fully saturated rings. The Labute approximate surface area is 123 Å². The maximum atomic E-state index is 3.90. The number of hydrogen-bond acceptors (Lipinski definition) is 1. The number of rotatable bonds is 8. The second-order valence-electron chi connectivity index (χ2n) is 5.09. The Morgan fingerprint density at radius 2 is 1.15 bits per heavy atom. The van der Waals surface area contributed by atoms with Gasteiger partial charge in [0.25, 0.3) is 0 Å². The molecule has 0 saturated heterocycles. The first-order chi connectivity index (χ1) is 9.92. The molecule has 1 nitrogen and oxygen atoms in total. The summed E-state index contributed by atoms with van der Waals surface area (Å²) in [5.74, 6) is 0. The lowest BCUT2D eigenvalue weighted by Crippen LogP contribution is -2.18. The van der Waals surface area contributed by atoms with Crippen molar-refractivity contribution < 1.29 is 0 Å². The molecule has 0 saturated carbocycles. The molecular weight excluding hydrogens is 242 g/mol. The SMILES string of the molecule is [CH2]CCCCCCN(c1ccccc1)c1ccccc1. The van der Waals surface area contributed by atoms with Crippen molar-refractivity contribution in [3.05, 3.63) is 67.6 Å². The van der Waals surface area contributed by atoms with Gasteiger partial charge in [0.2, 0.25) is 0 Å². The van der Waals surface area contributed by atoms with Gasteiger partial charge in [-0.15, -0.1) is 0 Å². The van der Waals surface area contributed by atoms with Crippen LogP contribution < -0.4 is 4.90 Å². The van der Waals surface area contributed by atoms with Crippen molar-refractivity contribution in [2.75, 3.05) is 11.4 Å². The van der Waals surface area contributed by atoms with Crippen LogP contribution in [-0.4, -0.2) is 6.54 Å². The molecule has 2 aromatic carbocycles. The zero-order valence-electron chi connectivity index (χ0n) is 12.2. The van der Waals surface area contributed by atoms with Gasteiger partial charge in [-0.1, -0.05) is 69.0 Å². The number of anilines is 2. The van der Waals surface area contributed by atoms with E-state index in [9.17, 15) is 0 Å². The molecule has 0 N–H and O–H groups in total. The monoisotopic (exact) mass is 266 g/mol. The van der Waals surface area contributed by atoms with Crippen molar-refractivity contribution in [3.63, 3.8) is 0 Å². The number of unbranched alkanes of at least 4 members (excludes halogenated alkanes) is 4. The third kappa shape index (κ3) is 4.41. The lowest BCUT2D eigenvalue weighted by atomic mass is 10.1. The summed E-state index contributed by atoms with van der Waals surface area (Å²) in [4.78, 5) is 2.41. The number of hydrogen-bond donors (Lipinski definition) is 0. The van der Waals surface area contributed by atoms with Gasteiger partial charge in [0.05, 0.1) is 0 Å². The molecule has 2 rings (SSSR count). The highest BCUT2D eigenvalue weighted by molar-refractivity contribution is 5.62. The van der Waals surface area contributed by atoms with E-state index in [1.807, 2.05) is 0 Å². The Kier molecular flexibility index (Phi) is 6.16. The van der Waals surface area contributed by atoms with E-state index in [0.717, 1.165) is 13.0 Å². The Morgan fingerprint density at radius 1 is 0.650 bits per heavy atom. The first kappa shape index (κ1) is 14.6. The fourth-order valence-electron chi connectivity index (χ4n) is 2.42. The van der Waals surface area contributed by atoms with Crippen LogP contribution >= 0.6 is 0 Å². The minimum absolute atomic E-state index is 1.06. The van der Waals surface area contributed by atoms with Gasteiger partial charge in [0.1, 0.15) is 0 Å². The predicted octanol–water partition coefficient (Wildman–Crippen LogP) is 5.61. The van der Waals surface area contributed by atoms with Gasteiger partial charge >= 0.3 is 0 Å². The van der Waals surface area contributed by atoms with Crippen molar-refractivity contribution >= 4 is 11.4 Å². The van der Waals surface area contributed by atoms with E-state index in [2.05, 4.69) is 72.5 Å². The Hall–Kier alpha value is -1.76. The summed E-state index contributed by atoms with van der Waals surface area (Å²) in [6, 6.07) is 21.3. The van der Waals surface area contributed by atoms with Gasteiger partial charge < -0.3 is 4.90 Å². The molecule has 0 heterocycles. The van der Waals surface area contributed by atoms with Crippen molar-refractivity contribution in [2.45, 2.75) is 32.1 Å².